The van der Waals surface area contributed by atoms with Crippen LogP contribution in [0.4, 0.5) is 0 Å². The summed E-state index contributed by atoms with van der Waals surface area (Å²) in [6.45, 7) is 2.75. The fraction of sp³-hybridized carbons (Fsp3) is 0.250. The Bertz CT molecular complexity index is 688. The molecular formula is C16H16N4OS. The molecule has 0 saturated heterocycles. The molecule has 0 spiro atoms. The summed E-state index contributed by atoms with van der Waals surface area (Å²) in [6.07, 6.45) is 6.92. The molecule has 1 amide bonds. The zero-order valence-electron chi connectivity index (χ0n) is 12.3. The molecule has 0 saturated carbocycles. The standard InChI is InChI=1S/C16H16N4OS/c1-13-19-15(12-22-13)5-6-16(21)20(9-3-7-17)11-14-4-2-8-18-10-14/h2,4-6,8,10,12H,3,9,11H2,1H3/b6-5-. The van der Waals surface area contributed by atoms with Gasteiger partial charge in [-0.2, -0.15) is 5.26 Å². The number of carbonyl (C=O) groups excluding carboxylic acids is 1. The van der Waals surface area contributed by atoms with Gasteiger partial charge in [0.15, 0.2) is 0 Å². The number of thiazole rings is 1. The maximum absolute atomic E-state index is 12.3. The van der Waals surface area contributed by atoms with Gasteiger partial charge in [-0.25, -0.2) is 4.98 Å². The number of rotatable bonds is 6. The Morgan fingerprint density at radius 2 is 2.41 bits per heavy atom. The lowest BCUT2D eigenvalue weighted by atomic mass is 10.2. The molecule has 22 heavy (non-hydrogen) atoms. The van der Waals surface area contributed by atoms with Crippen molar-refractivity contribution in [2.45, 2.75) is 19.9 Å². The van der Waals surface area contributed by atoms with E-state index in [0.717, 1.165) is 16.3 Å². The van der Waals surface area contributed by atoms with Gasteiger partial charge < -0.3 is 4.90 Å². The van der Waals surface area contributed by atoms with Crippen molar-refractivity contribution in [1.82, 2.24) is 14.9 Å². The van der Waals surface area contributed by atoms with Gasteiger partial charge in [-0.15, -0.1) is 11.3 Å². The summed E-state index contributed by atoms with van der Waals surface area (Å²) in [5.74, 6) is -0.134. The van der Waals surface area contributed by atoms with Crippen molar-refractivity contribution in [2.75, 3.05) is 6.54 Å². The topological polar surface area (TPSA) is 69.9 Å². The molecular weight excluding hydrogens is 296 g/mol. The number of carbonyl (C=O) groups is 1. The van der Waals surface area contributed by atoms with Crippen LogP contribution in [0.2, 0.25) is 0 Å². The Labute approximate surface area is 133 Å². The highest BCUT2D eigenvalue weighted by Crippen LogP contribution is 2.10. The number of aromatic nitrogens is 2. The van der Waals surface area contributed by atoms with Crippen LogP contribution in [0.3, 0.4) is 0 Å². The first-order chi connectivity index (χ1) is 10.7. The van der Waals surface area contributed by atoms with Crippen molar-refractivity contribution in [1.29, 1.82) is 5.26 Å². The fourth-order valence-electron chi connectivity index (χ4n) is 1.88. The summed E-state index contributed by atoms with van der Waals surface area (Å²) in [5.41, 5.74) is 1.71. The summed E-state index contributed by atoms with van der Waals surface area (Å²) in [5, 5.41) is 11.6. The summed E-state index contributed by atoms with van der Waals surface area (Å²) in [4.78, 5) is 22.3. The molecule has 0 aromatic carbocycles. The van der Waals surface area contributed by atoms with E-state index in [4.69, 9.17) is 5.26 Å². The number of hydrogen-bond donors (Lipinski definition) is 0. The molecule has 6 heteroatoms. The van der Waals surface area contributed by atoms with Crippen molar-refractivity contribution >= 4 is 23.3 Å². The van der Waals surface area contributed by atoms with Crippen LogP contribution in [0.15, 0.2) is 36.0 Å². The Balaban J connectivity index is 2.05. The summed E-state index contributed by atoms with van der Waals surface area (Å²) >= 11 is 1.54. The SMILES string of the molecule is Cc1nc(/C=C\C(=O)N(CCC#N)Cc2cccnc2)cs1. The third-order valence-corrected chi connectivity index (χ3v) is 3.73. The van der Waals surface area contributed by atoms with E-state index in [2.05, 4.69) is 16.0 Å². The van der Waals surface area contributed by atoms with Crippen molar-refractivity contribution < 1.29 is 4.79 Å². The molecule has 2 heterocycles. The van der Waals surface area contributed by atoms with Crippen LogP contribution >= 0.6 is 11.3 Å². The largest absolute Gasteiger partial charge is 0.334 e. The monoisotopic (exact) mass is 312 g/mol. The van der Waals surface area contributed by atoms with Gasteiger partial charge in [0.2, 0.25) is 5.91 Å². The molecule has 0 aliphatic carbocycles. The van der Waals surface area contributed by atoms with Gasteiger partial charge in [-0.05, 0) is 24.6 Å². The van der Waals surface area contributed by atoms with Crippen molar-refractivity contribution in [3.63, 3.8) is 0 Å². The van der Waals surface area contributed by atoms with Gasteiger partial charge in [0, 0.05) is 36.9 Å². The average molecular weight is 312 g/mol. The van der Waals surface area contributed by atoms with E-state index in [1.165, 1.54) is 6.08 Å². The zero-order valence-corrected chi connectivity index (χ0v) is 13.1. The Hall–Kier alpha value is -2.52. The Morgan fingerprint density at radius 3 is 3.05 bits per heavy atom. The highest BCUT2D eigenvalue weighted by atomic mass is 32.1. The molecule has 5 nitrogen and oxygen atoms in total. The van der Waals surface area contributed by atoms with Gasteiger partial charge in [-0.3, -0.25) is 9.78 Å². The number of amides is 1. The molecule has 0 atom stereocenters. The van der Waals surface area contributed by atoms with Gasteiger partial charge in [0.1, 0.15) is 0 Å². The molecule has 0 fully saturated rings. The fourth-order valence-corrected chi connectivity index (χ4v) is 2.46. The van der Waals surface area contributed by atoms with E-state index in [1.54, 1.807) is 34.7 Å². The molecule has 0 bridgehead atoms. The van der Waals surface area contributed by atoms with E-state index >= 15 is 0 Å². The molecule has 112 valence electrons. The van der Waals surface area contributed by atoms with Crippen LogP contribution in [0, 0.1) is 18.3 Å². The zero-order chi connectivity index (χ0) is 15.8. The van der Waals surface area contributed by atoms with Crippen LogP contribution in [0.25, 0.3) is 6.08 Å². The van der Waals surface area contributed by atoms with Crippen molar-refractivity contribution in [3.05, 3.63) is 52.2 Å². The average Bonchev–Trinajstić information content (AvgIpc) is 2.95. The highest BCUT2D eigenvalue weighted by Gasteiger charge is 2.11. The maximum Gasteiger partial charge on any atom is 0.246 e. The van der Waals surface area contributed by atoms with Crippen molar-refractivity contribution in [2.24, 2.45) is 0 Å². The first-order valence-electron chi connectivity index (χ1n) is 6.84. The number of nitrogens with zero attached hydrogens (tertiary/aromatic N) is 4. The quantitative estimate of drug-likeness (QED) is 0.769. The minimum absolute atomic E-state index is 0.134. The predicted octanol–water partition coefficient (Wildman–Crippen LogP) is 2.80. The Morgan fingerprint density at radius 1 is 1.55 bits per heavy atom. The third-order valence-electron chi connectivity index (χ3n) is 2.93. The van der Waals surface area contributed by atoms with Crippen molar-refractivity contribution in [3.8, 4) is 6.07 Å². The maximum atomic E-state index is 12.3. The minimum Gasteiger partial charge on any atom is -0.334 e. The number of nitriles is 1. The number of hydrogen-bond acceptors (Lipinski definition) is 5. The second-order valence-corrected chi connectivity index (χ2v) is 5.72. The Kier molecular flexibility index (Phi) is 5.81. The molecule has 0 unspecified atom stereocenters. The lowest BCUT2D eigenvalue weighted by Crippen LogP contribution is -2.29. The smallest absolute Gasteiger partial charge is 0.246 e. The molecule has 0 radical (unpaired) electrons. The number of pyridine rings is 1. The molecule has 2 rings (SSSR count). The van der Waals surface area contributed by atoms with E-state index in [0.29, 0.717) is 19.5 Å². The number of aryl methyl sites for hydroxylation is 1. The van der Waals surface area contributed by atoms with E-state index in [1.807, 2.05) is 24.4 Å². The lowest BCUT2D eigenvalue weighted by Gasteiger charge is -2.19. The van der Waals surface area contributed by atoms with Gasteiger partial charge >= 0.3 is 0 Å². The van der Waals surface area contributed by atoms with Crippen LogP contribution in [0.5, 0.6) is 0 Å². The van der Waals surface area contributed by atoms with Gasteiger partial charge in [-0.1, -0.05) is 6.07 Å². The van der Waals surface area contributed by atoms with Crippen LogP contribution in [0.1, 0.15) is 22.7 Å². The normalized spacial score (nSPS) is 10.5. The predicted molar refractivity (Wildman–Crippen MR) is 85.8 cm³/mol. The van der Waals surface area contributed by atoms with Crippen LogP contribution in [-0.4, -0.2) is 27.3 Å². The first kappa shape index (κ1) is 15.9. The van der Waals surface area contributed by atoms with Gasteiger partial charge in [0.05, 0.1) is 23.2 Å². The second kappa shape index (κ2) is 8.05. The van der Waals surface area contributed by atoms with Gasteiger partial charge in [0.25, 0.3) is 0 Å². The summed E-state index contributed by atoms with van der Waals surface area (Å²) in [7, 11) is 0. The van der Waals surface area contributed by atoms with E-state index < -0.39 is 0 Å². The third kappa shape index (κ3) is 4.79. The first-order valence-corrected chi connectivity index (χ1v) is 7.72. The van der Waals surface area contributed by atoms with E-state index in [9.17, 15) is 4.79 Å². The van der Waals surface area contributed by atoms with Crippen LogP contribution < -0.4 is 0 Å². The van der Waals surface area contributed by atoms with Crippen LogP contribution in [-0.2, 0) is 11.3 Å². The molecule has 2 aromatic rings. The molecule has 0 N–H and O–H groups in total. The molecule has 0 aliphatic heterocycles. The minimum atomic E-state index is -0.134. The highest BCUT2D eigenvalue weighted by molar-refractivity contribution is 7.09. The van der Waals surface area contributed by atoms with E-state index in [-0.39, 0.29) is 5.91 Å². The summed E-state index contributed by atoms with van der Waals surface area (Å²) in [6, 6.07) is 5.81. The molecule has 0 aliphatic rings. The summed E-state index contributed by atoms with van der Waals surface area (Å²) < 4.78 is 0. The lowest BCUT2D eigenvalue weighted by molar-refractivity contribution is -0.126. The molecule has 2 aromatic heterocycles. The second-order valence-electron chi connectivity index (χ2n) is 4.65.